The molecule has 0 aliphatic heterocycles. The van der Waals surface area contributed by atoms with Gasteiger partial charge in [-0.05, 0) is 48.4 Å². The third kappa shape index (κ3) is 6.74. The van der Waals surface area contributed by atoms with Gasteiger partial charge in [0.1, 0.15) is 5.82 Å². The highest BCUT2D eigenvalue weighted by molar-refractivity contribution is 7.88. The summed E-state index contributed by atoms with van der Waals surface area (Å²) in [7, 11) is -3.46. The highest BCUT2D eigenvalue weighted by Gasteiger charge is 2.18. The first-order valence-corrected chi connectivity index (χ1v) is 10.2. The minimum absolute atomic E-state index is 0.0269. The van der Waals surface area contributed by atoms with Crippen molar-refractivity contribution in [1.29, 1.82) is 0 Å². The molecule has 0 fully saturated rings. The lowest BCUT2D eigenvalue weighted by Crippen LogP contribution is -2.34. The van der Waals surface area contributed by atoms with E-state index >= 15 is 0 Å². The second-order valence-electron chi connectivity index (χ2n) is 5.84. The normalized spacial score (nSPS) is 11.5. The summed E-state index contributed by atoms with van der Waals surface area (Å²) < 4.78 is 38.0. The molecule has 1 N–H and O–H groups in total. The number of hydrogen-bond acceptors (Lipinski definition) is 3. The maximum Gasteiger partial charge on any atom is 0.225 e. The molecule has 1 amide bonds. The van der Waals surface area contributed by atoms with Crippen LogP contribution < -0.4 is 5.32 Å². The minimum atomic E-state index is -3.46. The van der Waals surface area contributed by atoms with Gasteiger partial charge in [-0.2, -0.15) is 0 Å². The van der Waals surface area contributed by atoms with E-state index in [2.05, 4.69) is 5.32 Å². The Morgan fingerprint density at radius 1 is 1.08 bits per heavy atom. The van der Waals surface area contributed by atoms with Gasteiger partial charge in [-0.3, -0.25) is 4.79 Å². The average Bonchev–Trinajstić information content (AvgIpc) is 2.57. The van der Waals surface area contributed by atoms with E-state index < -0.39 is 10.0 Å². The number of rotatable bonds is 8. The number of nitrogens with zero attached hydrogens (tertiary/aromatic N) is 1. The first-order valence-electron chi connectivity index (χ1n) is 7.99. The lowest BCUT2D eigenvalue weighted by atomic mass is 10.1. The van der Waals surface area contributed by atoms with Crippen LogP contribution in [0.3, 0.4) is 0 Å². The van der Waals surface area contributed by atoms with Crippen LogP contribution in [0.15, 0.2) is 48.5 Å². The number of benzene rings is 2. The number of nitrogens with one attached hydrogen (secondary N) is 1. The largest absolute Gasteiger partial charge is 0.326 e. The van der Waals surface area contributed by atoms with Crippen molar-refractivity contribution in [1.82, 2.24) is 4.31 Å². The molecule has 5 nitrogen and oxygen atoms in total. The molecule has 0 bridgehead atoms. The predicted octanol–water partition coefficient (Wildman–Crippen LogP) is 3.31. The smallest absolute Gasteiger partial charge is 0.225 e. The van der Waals surface area contributed by atoms with Crippen molar-refractivity contribution in [2.75, 3.05) is 24.7 Å². The molecule has 2 aromatic rings. The number of hydrogen-bond donors (Lipinski definition) is 1. The summed E-state index contributed by atoms with van der Waals surface area (Å²) >= 11 is 5.79. The summed E-state index contributed by atoms with van der Waals surface area (Å²) in [6, 6.07) is 12.5. The molecule has 0 saturated carbocycles. The van der Waals surface area contributed by atoms with Crippen molar-refractivity contribution in [3.8, 4) is 0 Å². The third-order valence-corrected chi connectivity index (χ3v) is 5.30. The molecule has 0 atom stereocenters. The number of carbonyl (C=O) groups excluding carboxylic acids is 1. The SMILES string of the molecule is CS(=O)(=O)N(CCC(=O)Nc1ccc(Cl)cc1)CCc1ccc(F)cc1. The molecule has 0 unspecified atom stereocenters. The number of halogens is 2. The quantitative estimate of drug-likeness (QED) is 0.741. The van der Waals surface area contributed by atoms with Crippen molar-refractivity contribution in [2.45, 2.75) is 12.8 Å². The Kier molecular flexibility index (Phi) is 7.14. The van der Waals surface area contributed by atoms with E-state index in [1.54, 1.807) is 36.4 Å². The van der Waals surface area contributed by atoms with Crippen LogP contribution >= 0.6 is 11.6 Å². The Balaban J connectivity index is 1.89. The van der Waals surface area contributed by atoms with Gasteiger partial charge in [0.25, 0.3) is 0 Å². The molecule has 2 aromatic carbocycles. The summed E-state index contributed by atoms with van der Waals surface area (Å²) in [5.41, 5.74) is 1.42. The van der Waals surface area contributed by atoms with Gasteiger partial charge in [0.05, 0.1) is 6.26 Å². The van der Waals surface area contributed by atoms with Gasteiger partial charge >= 0.3 is 0 Å². The number of amides is 1. The second-order valence-corrected chi connectivity index (χ2v) is 8.26. The lowest BCUT2D eigenvalue weighted by Gasteiger charge is -2.19. The van der Waals surface area contributed by atoms with E-state index in [-0.39, 0.29) is 31.2 Å². The topological polar surface area (TPSA) is 66.5 Å². The monoisotopic (exact) mass is 398 g/mol. The van der Waals surface area contributed by atoms with Crippen molar-refractivity contribution < 1.29 is 17.6 Å². The van der Waals surface area contributed by atoms with E-state index in [1.165, 1.54) is 16.4 Å². The Hall–Kier alpha value is -1.96. The van der Waals surface area contributed by atoms with Crippen LogP contribution in [0.25, 0.3) is 0 Å². The third-order valence-electron chi connectivity index (χ3n) is 3.75. The summed E-state index contributed by atoms with van der Waals surface area (Å²) in [5, 5.41) is 3.26. The molecule has 0 heterocycles. The highest BCUT2D eigenvalue weighted by atomic mass is 35.5. The van der Waals surface area contributed by atoms with Gasteiger partial charge in [-0.25, -0.2) is 17.1 Å². The summed E-state index contributed by atoms with van der Waals surface area (Å²) in [6.45, 7) is 0.290. The molecular formula is C18H20ClFN2O3S. The van der Waals surface area contributed by atoms with Crippen LogP contribution in [0.4, 0.5) is 10.1 Å². The van der Waals surface area contributed by atoms with Gasteiger partial charge < -0.3 is 5.32 Å². The molecule has 0 saturated heterocycles. The van der Waals surface area contributed by atoms with Crippen LogP contribution in [0.2, 0.25) is 5.02 Å². The molecule has 0 aromatic heterocycles. The zero-order valence-electron chi connectivity index (χ0n) is 14.3. The van der Waals surface area contributed by atoms with Crippen molar-refractivity contribution >= 4 is 33.2 Å². The Morgan fingerprint density at radius 3 is 2.27 bits per heavy atom. The van der Waals surface area contributed by atoms with Gasteiger partial charge in [0.15, 0.2) is 0 Å². The zero-order chi connectivity index (χ0) is 19.2. The summed E-state index contributed by atoms with van der Waals surface area (Å²) in [4.78, 5) is 12.0. The number of sulfonamides is 1. The van der Waals surface area contributed by atoms with Crippen molar-refractivity contribution in [3.05, 3.63) is 64.9 Å². The Labute approximate surface area is 157 Å². The standard InChI is InChI=1S/C18H20ClFN2O3S/c1-26(24,25)22(12-10-14-2-6-16(20)7-3-14)13-11-18(23)21-17-8-4-15(19)5-9-17/h2-9H,10-13H2,1H3,(H,21,23). The molecule has 0 aliphatic rings. The molecular weight excluding hydrogens is 379 g/mol. The van der Waals surface area contributed by atoms with Crippen LogP contribution in [0.5, 0.6) is 0 Å². The Morgan fingerprint density at radius 2 is 1.69 bits per heavy atom. The minimum Gasteiger partial charge on any atom is -0.326 e. The zero-order valence-corrected chi connectivity index (χ0v) is 15.9. The predicted molar refractivity (Wildman–Crippen MR) is 101 cm³/mol. The van der Waals surface area contributed by atoms with Gasteiger partial charge in [0.2, 0.25) is 15.9 Å². The van der Waals surface area contributed by atoms with Crippen molar-refractivity contribution in [2.24, 2.45) is 0 Å². The van der Waals surface area contributed by atoms with E-state index in [9.17, 15) is 17.6 Å². The maximum atomic E-state index is 12.9. The van der Waals surface area contributed by atoms with Crippen molar-refractivity contribution in [3.63, 3.8) is 0 Å². The first-order chi connectivity index (χ1) is 12.2. The van der Waals surface area contributed by atoms with Crippen LogP contribution in [-0.4, -0.2) is 38.0 Å². The van der Waals surface area contributed by atoms with E-state index in [1.807, 2.05) is 0 Å². The van der Waals surface area contributed by atoms with E-state index in [0.717, 1.165) is 11.8 Å². The second kappa shape index (κ2) is 9.12. The fourth-order valence-electron chi connectivity index (χ4n) is 2.33. The van der Waals surface area contributed by atoms with Gasteiger partial charge in [-0.15, -0.1) is 0 Å². The molecule has 0 spiro atoms. The highest BCUT2D eigenvalue weighted by Crippen LogP contribution is 2.14. The molecule has 0 aliphatic carbocycles. The average molecular weight is 399 g/mol. The Bertz CT molecular complexity index is 840. The number of carbonyl (C=O) groups is 1. The van der Waals surface area contributed by atoms with Crippen LogP contribution in [0, 0.1) is 5.82 Å². The molecule has 2 rings (SSSR count). The van der Waals surface area contributed by atoms with Gasteiger partial charge in [-0.1, -0.05) is 23.7 Å². The summed E-state index contributed by atoms with van der Waals surface area (Å²) in [5.74, 6) is -0.629. The van der Waals surface area contributed by atoms with Gasteiger partial charge in [0, 0.05) is 30.2 Å². The summed E-state index contributed by atoms with van der Waals surface area (Å²) in [6.07, 6.45) is 1.57. The first kappa shape index (κ1) is 20.4. The van der Waals surface area contributed by atoms with Crippen LogP contribution in [-0.2, 0) is 21.2 Å². The fraction of sp³-hybridized carbons (Fsp3) is 0.278. The molecule has 26 heavy (non-hydrogen) atoms. The van der Waals surface area contributed by atoms with Crippen LogP contribution in [0.1, 0.15) is 12.0 Å². The number of anilines is 1. The van der Waals surface area contributed by atoms with E-state index in [0.29, 0.717) is 17.1 Å². The van der Waals surface area contributed by atoms with E-state index in [4.69, 9.17) is 11.6 Å². The maximum absolute atomic E-state index is 12.9. The molecule has 8 heteroatoms. The lowest BCUT2D eigenvalue weighted by molar-refractivity contribution is -0.116. The molecule has 0 radical (unpaired) electrons. The fourth-order valence-corrected chi connectivity index (χ4v) is 3.30. The molecule has 140 valence electrons.